The fourth-order valence-electron chi connectivity index (χ4n) is 1.63. The van der Waals surface area contributed by atoms with Crippen LogP contribution in [0.25, 0.3) is 0 Å². The van der Waals surface area contributed by atoms with E-state index in [1.165, 1.54) is 6.08 Å². The number of hydrogen-bond donors (Lipinski definition) is 0. The highest BCUT2D eigenvalue weighted by molar-refractivity contribution is 6.24. The van der Waals surface area contributed by atoms with Gasteiger partial charge in [0, 0.05) is 16.7 Å². The van der Waals surface area contributed by atoms with E-state index in [0.29, 0.717) is 23.1 Å². The average Bonchev–Trinajstić information content (AvgIpc) is 2.23. The van der Waals surface area contributed by atoms with Gasteiger partial charge in [0.25, 0.3) is 0 Å². The summed E-state index contributed by atoms with van der Waals surface area (Å²) >= 11 is 0. The van der Waals surface area contributed by atoms with Crippen LogP contribution in [-0.4, -0.2) is 11.6 Å². The molecule has 0 unspecified atom stereocenters. The molecule has 0 atom stereocenters. The highest BCUT2D eigenvalue weighted by Gasteiger charge is 2.23. The van der Waals surface area contributed by atoms with Crippen molar-refractivity contribution < 1.29 is 9.59 Å². The molecule has 70 valence electrons. The fourth-order valence-corrected chi connectivity index (χ4v) is 1.63. The summed E-state index contributed by atoms with van der Waals surface area (Å²) in [7, 11) is 0. The quantitative estimate of drug-likeness (QED) is 0.674. The van der Waals surface area contributed by atoms with Crippen molar-refractivity contribution in [3.63, 3.8) is 0 Å². The maximum absolute atomic E-state index is 11.8. The van der Waals surface area contributed by atoms with Crippen molar-refractivity contribution >= 4 is 11.6 Å². The highest BCUT2D eigenvalue weighted by atomic mass is 16.1. The third kappa shape index (κ3) is 1.20. The van der Waals surface area contributed by atoms with Gasteiger partial charge in [-0.05, 0) is 12.5 Å². The van der Waals surface area contributed by atoms with Crippen molar-refractivity contribution in [2.75, 3.05) is 0 Å². The minimum absolute atomic E-state index is 0.0114. The van der Waals surface area contributed by atoms with E-state index in [1.54, 1.807) is 24.3 Å². The van der Waals surface area contributed by atoms with Gasteiger partial charge in [-0.1, -0.05) is 31.2 Å². The number of carbonyl (C=O) groups excluding carboxylic acids is 2. The molecule has 14 heavy (non-hydrogen) atoms. The van der Waals surface area contributed by atoms with E-state index in [2.05, 4.69) is 0 Å². The Morgan fingerprint density at radius 3 is 2.36 bits per heavy atom. The zero-order chi connectivity index (χ0) is 10.1. The van der Waals surface area contributed by atoms with E-state index in [-0.39, 0.29) is 11.6 Å². The van der Waals surface area contributed by atoms with E-state index < -0.39 is 0 Å². The number of carbonyl (C=O) groups is 2. The number of hydrogen-bond acceptors (Lipinski definition) is 2. The summed E-state index contributed by atoms with van der Waals surface area (Å²) in [5.74, 6) is -0.0697. The number of fused-ring (bicyclic) bond motifs is 1. The van der Waals surface area contributed by atoms with Crippen LogP contribution in [0.4, 0.5) is 0 Å². The molecular formula is C12H10O2. The summed E-state index contributed by atoms with van der Waals surface area (Å²) in [6.07, 6.45) is 2.06. The topological polar surface area (TPSA) is 34.1 Å². The molecule has 0 N–H and O–H groups in total. The maximum atomic E-state index is 11.8. The van der Waals surface area contributed by atoms with E-state index in [9.17, 15) is 9.59 Å². The van der Waals surface area contributed by atoms with Crippen LogP contribution in [-0.2, 0) is 0 Å². The van der Waals surface area contributed by atoms with Crippen molar-refractivity contribution in [3.05, 3.63) is 47.0 Å². The largest absolute Gasteiger partial charge is 0.289 e. The maximum Gasteiger partial charge on any atom is 0.189 e. The molecule has 2 rings (SSSR count). The van der Waals surface area contributed by atoms with Crippen molar-refractivity contribution in [3.8, 4) is 0 Å². The van der Waals surface area contributed by atoms with Gasteiger partial charge in [-0.15, -0.1) is 0 Å². The lowest BCUT2D eigenvalue weighted by molar-refractivity contribution is 0.0982. The molecule has 2 nitrogen and oxygen atoms in total. The number of allylic oxidation sites excluding steroid dienone is 2. The molecule has 1 aliphatic rings. The number of ketones is 2. The predicted octanol–water partition coefficient (Wildman–Crippen LogP) is 2.40. The van der Waals surface area contributed by atoms with Gasteiger partial charge in [0.05, 0.1) is 0 Å². The van der Waals surface area contributed by atoms with Gasteiger partial charge >= 0.3 is 0 Å². The van der Waals surface area contributed by atoms with Crippen LogP contribution in [0.1, 0.15) is 34.1 Å². The summed E-state index contributed by atoms with van der Waals surface area (Å²) in [4.78, 5) is 23.3. The van der Waals surface area contributed by atoms with Crippen molar-refractivity contribution in [2.45, 2.75) is 13.3 Å². The summed E-state index contributed by atoms with van der Waals surface area (Å²) in [6.45, 7) is 1.88. The van der Waals surface area contributed by atoms with Gasteiger partial charge in [0.1, 0.15) is 0 Å². The first-order chi connectivity index (χ1) is 6.74. The number of Topliss-reactive ketones (excluding diaryl/α,β-unsaturated/α-hetero) is 1. The molecule has 0 bridgehead atoms. The number of benzene rings is 1. The Kier molecular flexibility index (Phi) is 2.04. The standard InChI is InChI=1S/C12H10O2/c1-2-8-7-11(13)9-5-3-4-6-10(9)12(8)14/h3-7H,2H2,1H3. The Labute approximate surface area is 82.2 Å². The van der Waals surface area contributed by atoms with E-state index in [1.807, 2.05) is 6.92 Å². The third-order valence-corrected chi connectivity index (χ3v) is 2.42. The van der Waals surface area contributed by atoms with Crippen LogP contribution in [0.2, 0.25) is 0 Å². The van der Waals surface area contributed by atoms with Gasteiger partial charge in [-0.3, -0.25) is 9.59 Å². The molecule has 0 radical (unpaired) electrons. The molecule has 1 aromatic carbocycles. The van der Waals surface area contributed by atoms with E-state index in [4.69, 9.17) is 0 Å². The number of rotatable bonds is 1. The SMILES string of the molecule is CCC1=CC(=O)c2ccccc2C1=O. The summed E-state index contributed by atoms with van der Waals surface area (Å²) in [5, 5.41) is 0. The molecule has 1 aromatic rings. The summed E-state index contributed by atoms with van der Waals surface area (Å²) in [5.41, 5.74) is 1.67. The van der Waals surface area contributed by atoms with Crippen LogP contribution >= 0.6 is 0 Å². The van der Waals surface area contributed by atoms with Gasteiger partial charge in [-0.2, -0.15) is 0 Å². The van der Waals surface area contributed by atoms with Crippen LogP contribution in [0.5, 0.6) is 0 Å². The molecule has 0 heterocycles. The van der Waals surface area contributed by atoms with E-state index in [0.717, 1.165) is 0 Å². The van der Waals surface area contributed by atoms with Crippen LogP contribution in [0.15, 0.2) is 35.9 Å². The molecule has 0 aliphatic heterocycles. The Morgan fingerprint density at radius 1 is 1.07 bits per heavy atom. The molecule has 0 saturated carbocycles. The van der Waals surface area contributed by atoms with Crippen LogP contribution in [0.3, 0.4) is 0 Å². The van der Waals surface area contributed by atoms with Gasteiger partial charge < -0.3 is 0 Å². The molecule has 0 saturated heterocycles. The highest BCUT2D eigenvalue weighted by Crippen LogP contribution is 2.22. The average molecular weight is 186 g/mol. The predicted molar refractivity (Wildman–Crippen MR) is 53.5 cm³/mol. The minimum atomic E-state index is -0.0583. The van der Waals surface area contributed by atoms with Crippen molar-refractivity contribution in [2.24, 2.45) is 0 Å². The normalized spacial score (nSPS) is 15.1. The monoisotopic (exact) mass is 186 g/mol. The Hall–Kier alpha value is -1.70. The van der Waals surface area contributed by atoms with Gasteiger partial charge in [0.2, 0.25) is 0 Å². The van der Waals surface area contributed by atoms with Crippen LogP contribution in [0, 0.1) is 0 Å². The zero-order valence-electron chi connectivity index (χ0n) is 7.91. The lowest BCUT2D eigenvalue weighted by Crippen LogP contribution is -2.16. The third-order valence-electron chi connectivity index (χ3n) is 2.42. The minimum Gasteiger partial charge on any atom is -0.289 e. The van der Waals surface area contributed by atoms with Gasteiger partial charge in [0.15, 0.2) is 11.6 Å². The Bertz CT molecular complexity index is 441. The second-order valence-electron chi connectivity index (χ2n) is 3.26. The molecule has 0 aromatic heterocycles. The smallest absolute Gasteiger partial charge is 0.189 e. The molecule has 0 spiro atoms. The second-order valence-corrected chi connectivity index (χ2v) is 3.26. The molecular weight excluding hydrogens is 176 g/mol. The van der Waals surface area contributed by atoms with Crippen LogP contribution < -0.4 is 0 Å². The first-order valence-electron chi connectivity index (χ1n) is 4.62. The molecule has 0 fully saturated rings. The molecule has 2 heteroatoms. The van der Waals surface area contributed by atoms with E-state index >= 15 is 0 Å². The first kappa shape index (κ1) is 8.88. The molecule has 1 aliphatic carbocycles. The van der Waals surface area contributed by atoms with Gasteiger partial charge in [-0.25, -0.2) is 0 Å². The first-order valence-corrected chi connectivity index (χ1v) is 4.62. The van der Waals surface area contributed by atoms with Crippen molar-refractivity contribution in [1.82, 2.24) is 0 Å². The summed E-state index contributed by atoms with van der Waals surface area (Å²) in [6, 6.07) is 6.95. The second kappa shape index (κ2) is 3.22. The lowest BCUT2D eigenvalue weighted by atomic mass is 9.88. The lowest BCUT2D eigenvalue weighted by Gasteiger charge is -2.12. The Balaban J connectivity index is 2.61. The molecule has 0 amide bonds. The summed E-state index contributed by atoms with van der Waals surface area (Å²) < 4.78 is 0. The Morgan fingerprint density at radius 2 is 1.71 bits per heavy atom. The zero-order valence-corrected chi connectivity index (χ0v) is 7.91. The van der Waals surface area contributed by atoms with Crippen molar-refractivity contribution in [1.29, 1.82) is 0 Å². The fraction of sp³-hybridized carbons (Fsp3) is 0.167.